The van der Waals surface area contributed by atoms with E-state index in [-0.39, 0.29) is 62.9 Å². The van der Waals surface area contributed by atoms with Gasteiger partial charge in [0.05, 0.1) is 0 Å². The van der Waals surface area contributed by atoms with Crippen molar-refractivity contribution < 1.29 is 9.90 Å². The van der Waals surface area contributed by atoms with Crippen LogP contribution in [0.3, 0.4) is 0 Å². The summed E-state index contributed by atoms with van der Waals surface area (Å²) in [6.07, 6.45) is 0. The molecule has 0 bridgehead atoms. The minimum atomic E-state index is -0.0319. The van der Waals surface area contributed by atoms with Gasteiger partial charge >= 0.3 is 0 Å². The van der Waals surface area contributed by atoms with Gasteiger partial charge in [0.15, 0.2) is 5.78 Å². The number of carbonyl (C=O) groups is 1. The average Bonchev–Trinajstić information content (AvgIpc) is 2.30. The van der Waals surface area contributed by atoms with Crippen molar-refractivity contribution in [3.63, 3.8) is 0 Å². The maximum Gasteiger partial charge on any atom is 0.193 e. The normalized spacial score (nSPS) is 9.25. The van der Waals surface area contributed by atoms with Crippen LogP contribution in [0.5, 0.6) is 5.75 Å². The molecule has 0 aliphatic heterocycles. The number of benzene rings is 2. The van der Waals surface area contributed by atoms with E-state index in [0.717, 1.165) is 0 Å². The molecule has 2 aromatic carbocycles. The Balaban J connectivity index is 0.00000128. The van der Waals surface area contributed by atoms with Crippen LogP contribution in [0, 0.1) is 0 Å². The third kappa shape index (κ3) is 3.27. The second-order valence-electron chi connectivity index (χ2n) is 3.24. The molecule has 0 saturated carbocycles. The Morgan fingerprint density at radius 3 is 1.88 bits per heavy atom. The van der Waals surface area contributed by atoms with Crippen LogP contribution in [0.25, 0.3) is 0 Å². The Morgan fingerprint density at radius 1 is 0.812 bits per heavy atom. The second-order valence-corrected chi connectivity index (χ2v) is 3.24. The predicted octanol–water partition coefficient (Wildman–Crippen LogP) is 2.24. The molecule has 16 heavy (non-hydrogen) atoms. The molecule has 0 aliphatic rings. The number of phenolic OH excluding ortho intramolecular Hbond substituents is 1. The van der Waals surface area contributed by atoms with Crippen LogP contribution in [0.15, 0.2) is 54.6 Å². The van der Waals surface area contributed by atoms with E-state index in [4.69, 9.17) is 5.11 Å². The number of ketones is 1. The quantitative estimate of drug-likeness (QED) is 0.642. The molecule has 0 amide bonds. The van der Waals surface area contributed by atoms with Gasteiger partial charge in [-0.2, -0.15) is 0 Å². The summed E-state index contributed by atoms with van der Waals surface area (Å²) in [5.74, 6) is 0.134. The minimum absolute atomic E-state index is 0. The van der Waals surface area contributed by atoms with Crippen molar-refractivity contribution in [1.29, 1.82) is 0 Å². The van der Waals surface area contributed by atoms with E-state index in [1.807, 2.05) is 18.2 Å². The zero-order valence-corrected chi connectivity index (χ0v) is 12.2. The summed E-state index contributed by atoms with van der Waals surface area (Å²) in [7, 11) is 0. The second kappa shape index (κ2) is 6.32. The first-order valence-electron chi connectivity index (χ1n) is 4.66. The summed E-state index contributed by atoms with van der Waals surface area (Å²) < 4.78 is 0. The van der Waals surface area contributed by atoms with E-state index in [1.54, 1.807) is 24.3 Å². The zero-order chi connectivity index (χ0) is 10.7. The predicted molar refractivity (Wildman–Crippen MR) is 63.7 cm³/mol. The molecule has 0 heterocycles. The fourth-order valence-corrected chi connectivity index (χ4v) is 1.37. The Bertz CT molecular complexity index is 463. The molecule has 0 fully saturated rings. The van der Waals surface area contributed by atoms with Crippen molar-refractivity contribution >= 4 is 57.2 Å². The number of phenols is 1. The molecule has 0 aromatic heterocycles. The maximum absolute atomic E-state index is 11.9. The Labute approximate surface area is 137 Å². The molecule has 75 valence electrons. The summed E-state index contributed by atoms with van der Waals surface area (Å²) in [5.41, 5.74) is 1.24. The zero-order valence-electron chi connectivity index (χ0n) is 9.05. The SMILES string of the molecule is O=C(c1ccccc1)c1ccc(O)cc1.[K]. The molecule has 3 heteroatoms. The van der Waals surface area contributed by atoms with Gasteiger partial charge in [0.1, 0.15) is 5.75 Å². The largest absolute Gasteiger partial charge is 0.508 e. The van der Waals surface area contributed by atoms with Crippen molar-refractivity contribution in [1.82, 2.24) is 0 Å². The molecule has 2 aromatic rings. The molecule has 1 radical (unpaired) electrons. The van der Waals surface area contributed by atoms with Gasteiger partial charge < -0.3 is 5.11 Å². The van der Waals surface area contributed by atoms with E-state index in [2.05, 4.69) is 0 Å². The van der Waals surface area contributed by atoms with E-state index in [1.165, 1.54) is 12.1 Å². The first kappa shape index (κ1) is 13.6. The summed E-state index contributed by atoms with van der Waals surface area (Å²) >= 11 is 0. The van der Waals surface area contributed by atoms with Gasteiger partial charge in [-0.3, -0.25) is 4.79 Å². The molecule has 1 N–H and O–H groups in total. The summed E-state index contributed by atoms with van der Waals surface area (Å²) in [6, 6.07) is 15.3. The first-order chi connectivity index (χ1) is 7.27. The minimum Gasteiger partial charge on any atom is -0.508 e. The van der Waals surface area contributed by atoms with Gasteiger partial charge in [-0.25, -0.2) is 0 Å². The standard InChI is InChI=1S/C13H10O2.K/c14-12-8-6-11(7-9-12)13(15)10-4-2-1-3-5-10;/h1-9,14H;. The number of hydrogen-bond donors (Lipinski definition) is 1. The van der Waals surface area contributed by atoms with Gasteiger partial charge in [-0.1, -0.05) is 30.3 Å². The van der Waals surface area contributed by atoms with Crippen LogP contribution in [0.1, 0.15) is 15.9 Å². The van der Waals surface area contributed by atoms with Crippen LogP contribution in [-0.2, 0) is 0 Å². The maximum atomic E-state index is 11.9. The van der Waals surface area contributed by atoms with Crippen LogP contribution in [-0.4, -0.2) is 62.3 Å². The van der Waals surface area contributed by atoms with Crippen LogP contribution >= 0.6 is 0 Å². The summed E-state index contributed by atoms with van der Waals surface area (Å²) in [5, 5.41) is 9.10. The van der Waals surface area contributed by atoms with Gasteiger partial charge in [-0.15, -0.1) is 0 Å². The van der Waals surface area contributed by atoms with Crippen molar-refractivity contribution in [2.75, 3.05) is 0 Å². The molecule has 0 atom stereocenters. The van der Waals surface area contributed by atoms with Gasteiger partial charge in [-0.05, 0) is 24.3 Å². The first-order valence-corrected chi connectivity index (χ1v) is 4.66. The number of carbonyl (C=O) groups excluding carboxylic acids is 1. The van der Waals surface area contributed by atoms with Crippen molar-refractivity contribution in [3.05, 3.63) is 65.7 Å². The fourth-order valence-electron chi connectivity index (χ4n) is 1.37. The van der Waals surface area contributed by atoms with Crippen LogP contribution in [0.2, 0.25) is 0 Å². The van der Waals surface area contributed by atoms with E-state index in [9.17, 15) is 4.79 Å². The Kier molecular flexibility index (Phi) is 5.38. The molecule has 0 saturated heterocycles. The number of hydrogen-bond acceptors (Lipinski definition) is 2. The molecule has 0 unspecified atom stereocenters. The van der Waals surface area contributed by atoms with Gasteiger partial charge in [0.25, 0.3) is 0 Å². The van der Waals surface area contributed by atoms with Crippen molar-refractivity contribution in [2.45, 2.75) is 0 Å². The summed E-state index contributed by atoms with van der Waals surface area (Å²) in [4.78, 5) is 11.9. The van der Waals surface area contributed by atoms with Crippen molar-refractivity contribution in [3.8, 4) is 5.75 Å². The molecule has 2 rings (SSSR count). The fraction of sp³-hybridized carbons (Fsp3) is 0. The van der Waals surface area contributed by atoms with Crippen molar-refractivity contribution in [2.24, 2.45) is 0 Å². The third-order valence-corrected chi connectivity index (χ3v) is 2.17. The van der Waals surface area contributed by atoms with E-state index in [0.29, 0.717) is 11.1 Å². The number of aromatic hydroxyl groups is 1. The Hall–Kier alpha value is -0.454. The van der Waals surface area contributed by atoms with Gasteiger partial charge in [0.2, 0.25) is 0 Å². The monoisotopic (exact) mass is 237 g/mol. The van der Waals surface area contributed by atoms with Crippen LogP contribution in [0.4, 0.5) is 0 Å². The smallest absolute Gasteiger partial charge is 0.193 e. The van der Waals surface area contributed by atoms with Gasteiger partial charge in [0, 0.05) is 62.5 Å². The molecular formula is C13H10KO2. The Morgan fingerprint density at radius 2 is 1.31 bits per heavy atom. The van der Waals surface area contributed by atoms with E-state index < -0.39 is 0 Å². The summed E-state index contributed by atoms with van der Waals surface area (Å²) in [6.45, 7) is 0. The van der Waals surface area contributed by atoms with E-state index >= 15 is 0 Å². The van der Waals surface area contributed by atoms with Crippen LogP contribution < -0.4 is 0 Å². The number of rotatable bonds is 2. The topological polar surface area (TPSA) is 37.3 Å². The molecule has 0 aliphatic carbocycles. The molecular weight excluding hydrogens is 227 g/mol. The molecule has 2 nitrogen and oxygen atoms in total. The molecule has 0 spiro atoms. The third-order valence-electron chi connectivity index (χ3n) is 2.17. The average molecular weight is 237 g/mol.